The number of aryl methyl sites for hydroxylation is 2. The number of carbonyl (C=O) groups is 1. The third-order valence-electron chi connectivity index (χ3n) is 4.40. The molecule has 3 rings (SSSR count). The summed E-state index contributed by atoms with van der Waals surface area (Å²) >= 11 is 2.67. The molecule has 0 saturated carbocycles. The summed E-state index contributed by atoms with van der Waals surface area (Å²) in [6.07, 6.45) is 0.494. The van der Waals surface area contributed by atoms with Gasteiger partial charge in [-0.1, -0.05) is 11.8 Å². The standard InChI is InChI=1S/C16H22N4O4S3/c1-5-20(12-6-7-27(22,23)8-12)15(21)10(3)25-16-19-18-14(24-16)13-9(2)17-11(4)26-13/h10,12H,5-8H2,1-4H3. The van der Waals surface area contributed by atoms with Gasteiger partial charge >= 0.3 is 0 Å². The molecule has 1 aliphatic rings. The van der Waals surface area contributed by atoms with Crippen LogP contribution in [0.3, 0.4) is 0 Å². The summed E-state index contributed by atoms with van der Waals surface area (Å²) in [5.74, 6) is 0.464. The largest absolute Gasteiger partial charge is 0.410 e. The van der Waals surface area contributed by atoms with Crippen molar-refractivity contribution < 1.29 is 17.6 Å². The van der Waals surface area contributed by atoms with Gasteiger partial charge in [0.05, 0.1) is 27.5 Å². The fourth-order valence-corrected chi connectivity index (χ4v) is 6.45. The number of nitrogens with zero attached hydrogens (tertiary/aromatic N) is 4. The van der Waals surface area contributed by atoms with Crippen molar-refractivity contribution in [1.29, 1.82) is 0 Å². The van der Waals surface area contributed by atoms with Gasteiger partial charge in [0.2, 0.25) is 5.91 Å². The minimum Gasteiger partial charge on any atom is -0.410 e. The molecule has 2 aromatic rings. The SMILES string of the molecule is CCN(C(=O)C(C)Sc1nnc(-c2sc(C)nc2C)o1)C1CCS(=O)(=O)C1. The number of thioether (sulfide) groups is 1. The molecule has 1 amide bonds. The highest BCUT2D eigenvalue weighted by atomic mass is 32.2. The Morgan fingerprint density at radius 1 is 1.41 bits per heavy atom. The maximum atomic E-state index is 12.8. The monoisotopic (exact) mass is 430 g/mol. The number of sulfone groups is 1. The Balaban J connectivity index is 1.68. The highest BCUT2D eigenvalue weighted by Gasteiger charge is 2.35. The highest BCUT2D eigenvalue weighted by molar-refractivity contribution is 8.00. The Hall–Kier alpha value is -1.46. The van der Waals surface area contributed by atoms with Gasteiger partial charge in [0.15, 0.2) is 9.84 Å². The number of thiazole rings is 1. The van der Waals surface area contributed by atoms with E-state index in [4.69, 9.17) is 4.42 Å². The predicted octanol–water partition coefficient (Wildman–Crippen LogP) is 2.33. The molecule has 2 unspecified atom stereocenters. The zero-order valence-corrected chi connectivity index (χ0v) is 18.1. The molecule has 2 aromatic heterocycles. The smallest absolute Gasteiger partial charge is 0.277 e. The number of hydrogen-bond acceptors (Lipinski definition) is 9. The van der Waals surface area contributed by atoms with Gasteiger partial charge in [0.25, 0.3) is 11.1 Å². The molecular weight excluding hydrogens is 408 g/mol. The summed E-state index contributed by atoms with van der Waals surface area (Å²) in [4.78, 5) is 19.7. The molecule has 0 aromatic carbocycles. The van der Waals surface area contributed by atoms with Crippen molar-refractivity contribution in [3.8, 4) is 10.8 Å². The molecule has 0 N–H and O–H groups in total. The highest BCUT2D eigenvalue weighted by Crippen LogP contribution is 2.32. The van der Waals surface area contributed by atoms with Crippen LogP contribution in [0.25, 0.3) is 10.8 Å². The van der Waals surface area contributed by atoms with Crippen molar-refractivity contribution in [2.45, 2.75) is 50.6 Å². The first-order chi connectivity index (χ1) is 12.7. The van der Waals surface area contributed by atoms with Crippen molar-refractivity contribution in [3.63, 3.8) is 0 Å². The van der Waals surface area contributed by atoms with E-state index in [0.29, 0.717) is 24.1 Å². The summed E-state index contributed by atoms with van der Waals surface area (Å²) in [5, 5.41) is 8.87. The van der Waals surface area contributed by atoms with Crippen LogP contribution in [0.2, 0.25) is 0 Å². The second kappa shape index (κ2) is 7.88. The number of hydrogen-bond donors (Lipinski definition) is 0. The minimum absolute atomic E-state index is 0.0404. The Bertz CT molecular complexity index is 937. The molecule has 2 atom stereocenters. The lowest BCUT2D eigenvalue weighted by Crippen LogP contribution is -2.44. The molecule has 11 heteroatoms. The van der Waals surface area contributed by atoms with Crippen LogP contribution in [0, 0.1) is 13.8 Å². The third kappa shape index (κ3) is 4.52. The number of aromatic nitrogens is 3. The van der Waals surface area contributed by atoms with Gasteiger partial charge in [-0.05, 0) is 34.1 Å². The van der Waals surface area contributed by atoms with Crippen molar-refractivity contribution in [2.24, 2.45) is 0 Å². The molecule has 148 valence electrons. The van der Waals surface area contributed by atoms with E-state index >= 15 is 0 Å². The van der Waals surface area contributed by atoms with Crippen molar-refractivity contribution in [3.05, 3.63) is 10.7 Å². The topological polar surface area (TPSA) is 106 Å². The van der Waals surface area contributed by atoms with E-state index in [1.165, 1.54) is 23.1 Å². The average molecular weight is 431 g/mol. The van der Waals surface area contributed by atoms with Gasteiger partial charge in [0, 0.05) is 12.6 Å². The lowest BCUT2D eigenvalue weighted by atomic mass is 10.2. The zero-order valence-electron chi connectivity index (χ0n) is 15.6. The van der Waals surface area contributed by atoms with Crippen LogP contribution in [0.1, 0.15) is 31.0 Å². The summed E-state index contributed by atoms with van der Waals surface area (Å²) in [6, 6.07) is -0.253. The maximum Gasteiger partial charge on any atom is 0.277 e. The first kappa shape index (κ1) is 20.3. The molecule has 27 heavy (non-hydrogen) atoms. The summed E-state index contributed by atoms with van der Waals surface area (Å²) in [6.45, 7) is 7.90. The van der Waals surface area contributed by atoms with Crippen molar-refractivity contribution in [2.75, 3.05) is 18.1 Å². The maximum absolute atomic E-state index is 12.8. The van der Waals surface area contributed by atoms with Crippen molar-refractivity contribution >= 4 is 38.8 Å². The molecule has 8 nitrogen and oxygen atoms in total. The van der Waals surface area contributed by atoms with Crippen LogP contribution in [0.4, 0.5) is 0 Å². The quantitative estimate of drug-likeness (QED) is 0.643. The molecule has 3 heterocycles. The molecule has 1 saturated heterocycles. The van der Waals surface area contributed by atoms with Crippen LogP contribution < -0.4 is 0 Å². The van der Waals surface area contributed by atoms with Gasteiger partial charge in [-0.15, -0.1) is 21.5 Å². The molecule has 0 aliphatic carbocycles. The van der Waals surface area contributed by atoms with E-state index in [9.17, 15) is 13.2 Å². The van der Waals surface area contributed by atoms with E-state index < -0.39 is 15.1 Å². The Morgan fingerprint density at radius 3 is 2.70 bits per heavy atom. The summed E-state index contributed by atoms with van der Waals surface area (Å²) in [5.41, 5.74) is 0.835. The van der Waals surface area contributed by atoms with Crippen LogP contribution in [-0.2, 0) is 14.6 Å². The Labute approximate surface area is 166 Å². The van der Waals surface area contributed by atoms with Crippen LogP contribution in [-0.4, -0.2) is 63.7 Å². The molecule has 0 radical (unpaired) electrons. The first-order valence-corrected chi connectivity index (χ1v) is 12.2. The lowest BCUT2D eigenvalue weighted by Gasteiger charge is -2.28. The van der Waals surface area contributed by atoms with E-state index in [2.05, 4.69) is 15.2 Å². The second-order valence-corrected chi connectivity index (χ2v) is 11.2. The van der Waals surface area contributed by atoms with Gasteiger partial charge in [0.1, 0.15) is 4.88 Å². The molecule has 1 fully saturated rings. The molecule has 1 aliphatic heterocycles. The average Bonchev–Trinajstić information content (AvgIpc) is 3.27. The summed E-state index contributed by atoms with van der Waals surface area (Å²) < 4.78 is 29.2. The van der Waals surface area contributed by atoms with Crippen LogP contribution >= 0.6 is 23.1 Å². The molecule has 0 spiro atoms. The van der Waals surface area contributed by atoms with E-state index in [1.807, 2.05) is 20.8 Å². The van der Waals surface area contributed by atoms with E-state index in [0.717, 1.165) is 15.6 Å². The van der Waals surface area contributed by atoms with Gasteiger partial charge < -0.3 is 9.32 Å². The molecule has 0 bridgehead atoms. The second-order valence-electron chi connectivity index (χ2n) is 6.46. The first-order valence-electron chi connectivity index (χ1n) is 8.65. The normalized spacial score (nSPS) is 19.9. The van der Waals surface area contributed by atoms with Gasteiger partial charge in [-0.3, -0.25) is 4.79 Å². The van der Waals surface area contributed by atoms with E-state index in [1.54, 1.807) is 11.8 Å². The Morgan fingerprint density at radius 2 is 2.15 bits per heavy atom. The van der Waals surface area contributed by atoms with Crippen LogP contribution in [0.5, 0.6) is 0 Å². The third-order valence-corrected chi connectivity index (χ3v) is 8.14. The number of amides is 1. The lowest BCUT2D eigenvalue weighted by molar-refractivity contribution is -0.131. The summed E-state index contributed by atoms with van der Waals surface area (Å²) in [7, 11) is -3.04. The molecular formula is C16H22N4O4S3. The number of carbonyl (C=O) groups excluding carboxylic acids is 1. The van der Waals surface area contributed by atoms with Gasteiger partial charge in [-0.2, -0.15) is 0 Å². The van der Waals surface area contributed by atoms with Crippen molar-refractivity contribution in [1.82, 2.24) is 20.1 Å². The fraction of sp³-hybridized carbons (Fsp3) is 0.625. The van der Waals surface area contributed by atoms with Gasteiger partial charge in [-0.25, -0.2) is 13.4 Å². The predicted molar refractivity (Wildman–Crippen MR) is 105 cm³/mol. The van der Waals surface area contributed by atoms with E-state index in [-0.39, 0.29) is 23.5 Å². The zero-order chi connectivity index (χ0) is 19.8. The fourth-order valence-electron chi connectivity index (χ4n) is 3.13. The number of rotatable bonds is 6. The Kier molecular flexibility index (Phi) is 5.92. The minimum atomic E-state index is -3.04. The van der Waals surface area contributed by atoms with Crippen LogP contribution in [0.15, 0.2) is 9.64 Å².